The molecule has 6 nitrogen and oxygen atoms in total. The Labute approximate surface area is 87.6 Å². The zero-order valence-corrected chi connectivity index (χ0v) is 8.11. The molecule has 0 aromatic carbocycles. The minimum atomic E-state index is -1.17. The summed E-state index contributed by atoms with van der Waals surface area (Å²) in [5.41, 5.74) is 5.44. The van der Waals surface area contributed by atoms with E-state index in [0.29, 0.717) is 0 Å². The lowest BCUT2D eigenvalue weighted by atomic mass is 9.98. The summed E-state index contributed by atoms with van der Waals surface area (Å²) in [7, 11) is 0. The van der Waals surface area contributed by atoms with Crippen LogP contribution >= 0.6 is 0 Å². The molecule has 1 aliphatic heterocycles. The molecule has 15 heavy (non-hydrogen) atoms. The van der Waals surface area contributed by atoms with Crippen LogP contribution in [0.5, 0.6) is 0 Å². The number of aliphatic hydroxyl groups is 3. The Bertz CT molecular complexity index is 241. The van der Waals surface area contributed by atoms with Gasteiger partial charge in [-0.05, 0) is 0 Å². The van der Waals surface area contributed by atoms with E-state index in [1.54, 1.807) is 0 Å². The molecule has 1 saturated heterocycles. The summed E-state index contributed by atoms with van der Waals surface area (Å²) in [6, 6.07) is 0. The van der Waals surface area contributed by atoms with Crippen molar-refractivity contribution in [3.05, 3.63) is 0 Å². The molecule has 0 radical (unpaired) electrons. The highest BCUT2D eigenvalue weighted by Gasteiger charge is 2.43. The maximum Gasteiger partial charge on any atom is 0.135 e. The predicted molar refractivity (Wildman–Crippen MR) is 50.5 cm³/mol. The Balaban J connectivity index is 2.67. The van der Waals surface area contributed by atoms with E-state index >= 15 is 0 Å². The molecule has 0 bridgehead atoms. The minimum absolute atomic E-state index is 0.0519. The van der Waals surface area contributed by atoms with Crippen molar-refractivity contribution in [1.29, 1.82) is 0 Å². The van der Waals surface area contributed by atoms with Crippen LogP contribution in [0.2, 0.25) is 0 Å². The van der Waals surface area contributed by atoms with E-state index in [1.165, 1.54) is 0 Å². The molecule has 5 unspecified atom stereocenters. The van der Waals surface area contributed by atoms with E-state index in [1.807, 2.05) is 0 Å². The smallest absolute Gasteiger partial charge is 0.135 e. The lowest BCUT2D eigenvalue weighted by molar-refractivity contribution is -0.237. The average Bonchev–Trinajstić information content (AvgIpc) is 2.23. The molecule has 0 spiro atoms. The van der Waals surface area contributed by atoms with Crippen molar-refractivity contribution in [3.8, 4) is 12.3 Å². The lowest BCUT2D eigenvalue weighted by Crippen LogP contribution is -2.62. The second-order valence-electron chi connectivity index (χ2n) is 3.28. The SMILES string of the molecule is C#CCOC1C(O)C(N)OC(CO)C1O. The van der Waals surface area contributed by atoms with Gasteiger partial charge in [-0.1, -0.05) is 5.92 Å². The van der Waals surface area contributed by atoms with Gasteiger partial charge in [-0.15, -0.1) is 6.42 Å². The Morgan fingerprint density at radius 2 is 2.07 bits per heavy atom. The van der Waals surface area contributed by atoms with Crippen LogP contribution in [0.25, 0.3) is 0 Å². The molecule has 0 aromatic rings. The van der Waals surface area contributed by atoms with E-state index in [0.717, 1.165) is 0 Å². The van der Waals surface area contributed by atoms with Gasteiger partial charge < -0.3 is 30.5 Å². The first-order valence-electron chi connectivity index (χ1n) is 4.55. The third-order valence-electron chi connectivity index (χ3n) is 2.26. The zero-order valence-electron chi connectivity index (χ0n) is 8.11. The first-order valence-corrected chi connectivity index (χ1v) is 4.55. The van der Waals surface area contributed by atoms with Crippen molar-refractivity contribution in [2.45, 2.75) is 30.6 Å². The molecule has 1 heterocycles. The van der Waals surface area contributed by atoms with E-state index in [2.05, 4.69) is 5.92 Å². The monoisotopic (exact) mass is 217 g/mol. The van der Waals surface area contributed by atoms with E-state index in [-0.39, 0.29) is 6.61 Å². The number of aliphatic hydroxyl groups excluding tert-OH is 3. The summed E-state index contributed by atoms with van der Waals surface area (Å²) in [6.07, 6.45) is -0.155. The van der Waals surface area contributed by atoms with Crippen LogP contribution in [0, 0.1) is 12.3 Å². The largest absolute Gasteiger partial charge is 0.394 e. The summed E-state index contributed by atoms with van der Waals surface area (Å²) in [4.78, 5) is 0. The highest BCUT2D eigenvalue weighted by atomic mass is 16.6. The molecule has 6 heteroatoms. The highest BCUT2D eigenvalue weighted by molar-refractivity contribution is 4.93. The number of ether oxygens (including phenoxy) is 2. The second kappa shape index (κ2) is 5.42. The van der Waals surface area contributed by atoms with Crippen molar-refractivity contribution < 1.29 is 24.8 Å². The predicted octanol–water partition coefficient (Wildman–Crippen LogP) is -2.60. The third kappa shape index (κ3) is 2.66. The fraction of sp³-hybridized carbons (Fsp3) is 0.778. The Hall–Kier alpha value is -0.680. The topological polar surface area (TPSA) is 105 Å². The van der Waals surface area contributed by atoms with E-state index < -0.39 is 37.3 Å². The van der Waals surface area contributed by atoms with Crippen molar-refractivity contribution in [2.75, 3.05) is 13.2 Å². The van der Waals surface area contributed by atoms with Crippen molar-refractivity contribution >= 4 is 0 Å². The summed E-state index contributed by atoms with van der Waals surface area (Å²) < 4.78 is 10.0. The molecule has 5 atom stereocenters. The summed E-state index contributed by atoms with van der Waals surface area (Å²) in [5.74, 6) is 2.22. The van der Waals surface area contributed by atoms with Crippen molar-refractivity contribution in [3.63, 3.8) is 0 Å². The Kier molecular flexibility index (Phi) is 4.47. The molecule has 0 saturated carbocycles. The number of hydrogen-bond acceptors (Lipinski definition) is 6. The minimum Gasteiger partial charge on any atom is -0.394 e. The standard InChI is InChI=1S/C9H15NO5/c1-2-3-14-8-6(12)5(4-11)15-9(10)7(8)13/h1,5-9,11-13H,3-4,10H2. The third-order valence-corrected chi connectivity index (χ3v) is 2.26. The molecular weight excluding hydrogens is 202 g/mol. The van der Waals surface area contributed by atoms with Gasteiger partial charge in [-0.2, -0.15) is 0 Å². The molecule has 86 valence electrons. The summed E-state index contributed by atoms with van der Waals surface area (Å²) in [6.45, 7) is -0.457. The van der Waals surface area contributed by atoms with Gasteiger partial charge in [-0.3, -0.25) is 0 Å². The number of nitrogens with two attached hydrogens (primary N) is 1. The molecule has 1 fully saturated rings. The molecule has 1 rings (SSSR count). The first kappa shape index (κ1) is 12.4. The Morgan fingerprint density at radius 3 is 2.60 bits per heavy atom. The average molecular weight is 217 g/mol. The van der Waals surface area contributed by atoms with Gasteiger partial charge in [0, 0.05) is 0 Å². The maximum absolute atomic E-state index is 9.65. The molecule has 5 N–H and O–H groups in total. The van der Waals surface area contributed by atoms with Gasteiger partial charge in [0.2, 0.25) is 0 Å². The van der Waals surface area contributed by atoms with Crippen LogP contribution in [0.15, 0.2) is 0 Å². The highest BCUT2D eigenvalue weighted by Crippen LogP contribution is 2.20. The lowest BCUT2D eigenvalue weighted by Gasteiger charge is -2.40. The molecule has 1 aliphatic rings. The van der Waals surface area contributed by atoms with Gasteiger partial charge >= 0.3 is 0 Å². The van der Waals surface area contributed by atoms with E-state index in [4.69, 9.17) is 26.7 Å². The van der Waals surface area contributed by atoms with Gasteiger partial charge in [-0.25, -0.2) is 0 Å². The van der Waals surface area contributed by atoms with Crippen LogP contribution < -0.4 is 5.73 Å². The quantitative estimate of drug-likeness (QED) is 0.386. The Morgan fingerprint density at radius 1 is 1.40 bits per heavy atom. The fourth-order valence-electron chi connectivity index (χ4n) is 1.46. The van der Waals surface area contributed by atoms with Gasteiger partial charge in [0.1, 0.15) is 37.3 Å². The van der Waals surface area contributed by atoms with Gasteiger partial charge in [0.05, 0.1) is 6.61 Å². The number of hydrogen-bond donors (Lipinski definition) is 4. The van der Waals surface area contributed by atoms with Crippen LogP contribution in [0.1, 0.15) is 0 Å². The fourth-order valence-corrected chi connectivity index (χ4v) is 1.46. The second-order valence-corrected chi connectivity index (χ2v) is 3.28. The van der Waals surface area contributed by atoms with Crippen LogP contribution in [0.4, 0.5) is 0 Å². The van der Waals surface area contributed by atoms with Crippen molar-refractivity contribution in [2.24, 2.45) is 5.73 Å². The van der Waals surface area contributed by atoms with E-state index in [9.17, 15) is 10.2 Å². The number of terminal acetylenes is 1. The normalized spacial score (nSPS) is 41.1. The van der Waals surface area contributed by atoms with Crippen LogP contribution in [-0.2, 0) is 9.47 Å². The first-order chi connectivity index (χ1) is 7.11. The van der Waals surface area contributed by atoms with Crippen LogP contribution in [0.3, 0.4) is 0 Å². The molecule has 0 aliphatic carbocycles. The maximum atomic E-state index is 9.65. The molecular formula is C9H15NO5. The van der Waals surface area contributed by atoms with Gasteiger partial charge in [0.25, 0.3) is 0 Å². The summed E-state index contributed by atoms with van der Waals surface area (Å²) >= 11 is 0. The molecule has 0 aromatic heterocycles. The van der Waals surface area contributed by atoms with Crippen LogP contribution in [-0.4, -0.2) is 59.2 Å². The zero-order chi connectivity index (χ0) is 11.4. The van der Waals surface area contributed by atoms with Crippen molar-refractivity contribution in [1.82, 2.24) is 0 Å². The summed E-state index contributed by atoms with van der Waals surface area (Å²) in [5, 5.41) is 28.1. The van der Waals surface area contributed by atoms with Gasteiger partial charge in [0.15, 0.2) is 0 Å². The molecule has 0 amide bonds. The number of rotatable bonds is 3.